The van der Waals surface area contributed by atoms with E-state index in [0.717, 1.165) is 12.1 Å². The van der Waals surface area contributed by atoms with E-state index < -0.39 is 42.5 Å². The van der Waals surface area contributed by atoms with Crippen LogP contribution in [0.2, 0.25) is 10.0 Å². The maximum absolute atomic E-state index is 11.7. The fraction of sp³-hybridized carbons (Fsp3) is 0.111. The molecule has 98 valence electrons. The van der Waals surface area contributed by atoms with E-state index >= 15 is 0 Å². The first-order valence-corrected chi connectivity index (χ1v) is 6.73. The first-order chi connectivity index (χ1) is 8.15. The Balaban J connectivity index is 3.44. The maximum Gasteiger partial charge on any atom is 0.335 e. The zero-order valence-electron chi connectivity index (χ0n) is 8.55. The summed E-state index contributed by atoms with van der Waals surface area (Å²) in [7, 11) is -4.22. The summed E-state index contributed by atoms with van der Waals surface area (Å²) in [6.07, 6.45) is 0. The molecule has 1 aromatic carbocycles. The summed E-state index contributed by atoms with van der Waals surface area (Å²) in [5, 5.41) is 16.3. The van der Waals surface area contributed by atoms with Gasteiger partial charge >= 0.3 is 11.9 Å². The molecule has 0 aliphatic carbocycles. The number of rotatable bonds is 4. The summed E-state index contributed by atoms with van der Waals surface area (Å²) < 4.78 is 23.3. The number of sulfone groups is 1. The number of hydrogen-bond acceptors (Lipinski definition) is 4. The van der Waals surface area contributed by atoms with E-state index in [2.05, 4.69) is 0 Å². The first-order valence-electron chi connectivity index (χ1n) is 4.32. The molecule has 2 N–H and O–H groups in total. The fourth-order valence-corrected chi connectivity index (χ4v) is 3.59. The van der Waals surface area contributed by atoms with Crippen LogP contribution in [0, 0.1) is 0 Å². The predicted molar refractivity (Wildman–Crippen MR) is 63.1 cm³/mol. The van der Waals surface area contributed by atoms with E-state index in [4.69, 9.17) is 33.4 Å². The highest BCUT2D eigenvalue weighted by atomic mass is 35.5. The number of halogens is 2. The van der Waals surface area contributed by atoms with Crippen LogP contribution >= 0.6 is 23.2 Å². The van der Waals surface area contributed by atoms with Crippen LogP contribution in [0.1, 0.15) is 10.4 Å². The van der Waals surface area contributed by atoms with Gasteiger partial charge in [-0.2, -0.15) is 0 Å². The zero-order chi connectivity index (χ0) is 14.1. The van der Waals surface area contributed by atoms with Gasteiger partial charge in [0.15, 0.2) is 15.6 Å². The van der Waals surface area contributed by atoms with Gasteiger partial charge in [-0.3, -0.25) is 4.79 Å². The summed E-state index contributed by atoms with van der Waals surface area (Å²) in [6, 6.07) is 1.79. The number of carbonyl (C=O) groups is 2. The average molecular weight is 313 g/mol. The summed E-state index contributed by atoms with van der Waals surface area (Å²) in [5.41, 5.74) is -0.292. The minimum absolute atomic E-state index is 0.292. The molecule has 9 heteroatoms. The lowest BCUT2D eigenvalue weighted by Crippen LogP contribution is -2.16. The van der Waals surface area contributed by atoms with E-state index in [1.165, 1.54) is 0 Å². The molecule has 1 aromatic rings. The van der Waals surface area contributed by atoms with E-state index in [-0.39, 0.29) is 5.56 Å². The predicted octanol–water partition coefficient (Wildman–Crippen LogP) is 1.55. The summed E-state index contributed by atoms with van der Waals surface area (Å²) in [4.78, 5) is 20.5. The Kier molecular flexibility index (Phi) is 4.20. The van der Waals surface area contributed by atoms with Crippen molar-refractivity contribution in [3.05, 3.63) is 27.7 Å². The largest absolute Gasteiger partial charge is 0.480 e. The average Bonchev–Trinajstić information content (AvgIpc) is 2.12. The fourth-order valence-electron chi connectivity index (χ4n) is 1.22. The van der Waals surface area contributed by atoms with Crippen molar-refractivity contribution in [3.8, 4) is 0 Å². The summed E-state index contributed by atoms with van der Waals surface area (Å²) in [5.74, 6) is -4.08. The molecule has 0 fully saturated rings. The Hall–Kier alpha value is -1.31. The van der Waals surface area contributed by atoms with Gasteiger partial charge in [-0.1, -0.05) is 23.2 Å². The third kappa shape index (κ3) is 3.12. The molecule has 6 nitrogen and oxygen atoms in total. The van der Waals surface area contributed by atoms with Crippen molar-refractivity contribution in [2.45, 2.75) is 4.90 Å². The molecule has 0 aliphatic heterocycles. The van der Waals surface area contributed by atoms with E-state index in [1.807, 2.05) is 0 Å². The van der Waals surface area contributed by atoms with Gasteiger partial charge in [0.05, 0.1) is 15.6 Å². The second-order valence-electron chi connectivity index (χ2n) is 3.23. The van der Waals surface area contributed by atoms with Crippen LogP contribution in [0.4, 0.5) is 0 Å². The highest BCUT2D eigenvalue weighted by Gasteiger charge is 2.26. The van der Waals surface area contributed by atoms with E-state index in [9.17, 15) is 18.0 Å². The molecular weight excluding hydrogens is 307 g/mol. The Morgan fingerprint density at radius 3 is 1.89 bits per heavy atom. The highest BCUT2D eigenvalue weighted by molar-refractivity contribution is 7.92. The number of benzene rings is 1. The van der Waals surface area contributed by atoms with Crippen LogP contribution < -0.4 is 0 Å². The molecular formula is C9H6Cl2O6S. The van der Waals surface area contributed by atoms with Gasteiger partial charge in [-0.05, 0) is 12.1 Å². The molecule has 0 amide bonds. The third-order valence-corrected chi connectivity index (χ3v) is 4.38. The molecule has 0 aliphatic rings. The number of carboxylic acid groups (broad SMARTS) is 2. The quantitative estimate of drug-likeness (QED) is 0.873. The van der Waals surface area contributed by atoms with E-state index in [0.29, 0.717) is 0 Å². The molecule has 0 radical (unpaired) electrons. The van der Waals surface area contributed by atoms with E-state index in [1.54, 1.807) is 0 Å². The lowest BCUT2D eigenvalue weighted by molar-refractivity contribution is -0.134. The van der Waals surface area contributed by atoms with Gasteiger partial charge in [0.2, 0.25) is 0 Å². The minimum atomic E-state index is -4.22. The topological polar surface area (TPSA) is 109 Å². The first kappa shape index (κ1) is 14.7. The normalized spacial score (nSPS) is 11.2. The monoisotopic (exact) mass is 312 g/mol. The Morgan fingerprint density at radius 1 is 1.11 bits per heavy atom. The summed E-state index contributed by atoms with van der Waals surface area (Å²) in [6.45, 7) is 0. The third-order valence-electron chi connectivity index (χ3n) is 1.87. The van der Waals surface area contributed by atoms with Gasteiger partial charge in [-0.15, -0.1) is 0 Å². The van der Waals surface area contributed by atoms with Crippen molar-refractivity contribution in [1.29, 1.82) is 0 Å². The van der Waals surface area contributed by atoms with Gasteiger partial charge in [0.25, 0.3) is 0 Å². The number of aliphatic carboxylic acids is 1. The molecule has 0 heterocycles. The van der Waals surface area contributed by atoms with Crippen molar-refractivity contribution in [3.63, 3.8) is 0 Å². The van der Waals surface area contributed by atoms with Crippen molar-refractivity contribution in [2.24, 2.45) is 0 Å². The Labute approximate surface area is 112 Å². The number of hydrogen-bond donors (Lipinski definition) is 2. The van der Waals surface area contributed by atoms with Crippen molar-refractivity contribution in [1.82, 2.24) is 0 Å². The number of carboxylic acids is 2. The van der Waals surface area contributed by atoms with Crippen LogP contribution in [0.15, 0.2) is 17.0 Å². The highest BCUT2D eigenvalue weighted by Crippen LogP contribution is 2.31. The summed E-state index contributed by atoms with van der Waals surface area (Å²) >= 11 is 11.3. The SMILES string of the molecule is O=C(O)CS(=O)(=O)c1c(Cl)cc(C(=O)O)cc1Cl. The molecule has 0 saturated carbocycles. The van der Waals surface area contributed by atoms with Crippen LogP contribution in [-0.2, 0) is 14.6 Å². The van der Waals surface area contributed by atoms with Crippen LogP contribution in [-0.4, -0.2) is 36.3 Å². The molecule has 0 aromatic heterocycles. The lowest BCUT2D eigenvalue weighted by Gasteiger charge is -2.08. The molecule has 0 atom stereocenters. The van der Waals surface area contributed by atoms with Gasteiger partial charge in [0.1, 0.15) is 4.90 Å². The zero-order valence-corrected chi connectivity index (χ0v) is 10.9. The van der Waals surface area contributed by atoms with Crippen LogP contribution in [0.25, 0.3) is 0 Å². The van der Waals surface area contributed by atoms with Crippen molar-refractivity contribution >= 4 is 45.0 Å². The Morgan fingerprint density at radius 2 is 1.56 bits per heavy atom. The molecule has 1 rings (SSSR count). The molecule has 0 unspecified atom stereocenters. The Bertz CT molecular complexity index is 599. The van der Waals surface area contributed by atoms with Gasteiger partial charge in [0, 0.05) is 0 Å². The van der Waals surface area contributed by atoms with Gasteiger partial charge < -0.3 is 10.2 Å². The standard InChI is InChI=1S/C9H6Cl2O6S/c10-5-1-4(9(14)15)2-6(11)8(5)18(16,17)3-7(12)13/h1-2H,3H2,(H,12,13)(H,14,15). The smallest absolute Gasteiger partial charge is 0.335 e. The molecule has 0 saturated heterocycles. The number of aromatic carboxylic acids is 1. The maximum atomic E-state index is 11.7. The molecule has 0 bridgehead atoms. The lowest BCUT2D eigenvalue weighted by atomic mass is 10.2. The molecule has 0 spiro atoms. The molecule has 18 heavy (non-hydrogen) atoms. The second kappa shape index (κ2) is 5.13. The second-order valence-corrected chi connectivity index (χ2v) is 5.97. The van der Waals surface area contributed by atoms with Crippen molar-refractivity contribution in [2.75, 3.05) is 5.75 Å². The van der Waals surface area contributed by atoms with Crippen LogP contribution in [0.5, 0.6) is 0 Å². The minimum Gasteiger partial charge on any atom is -0.480 e. The van der Waals surface area contributed by atoms with Gasteiger partial charge in [-0.25, -0.2) is 13.2 Å². The van der Waals surface area contributed by atoms with Crippen molar-refractivity contribution < 1.29 is 28.2 Å². The van der Waals surface area contributed by atoms with Crippen LogP contribution in [0.3, 0.4) is 0 Å².